The summed E-state index contributed by atoms with van der Waals surface area (Å²) in [5.41, 5.74) is 2.14. The first kappa shape index (κ1) is 25.9. The number of nitrogens with zero attached hydrogens (tertiary/aromatic N) is 2. The number of aromatic nitrogens is 2. The Morgan fingerprint density at radius 3 is 1.70 bits per heavy atom. The molecule has 0 atom stereocenters. The summed E-state index contributed by atoms with van der Waals surface area (Å²) in [4.78, 5) is 18.9. The van der Waals surface area contributed by atoms with Crippen LogP contribution in [0.1, 0.15) is 10.4 Å². The van der Waals surface area contributed by atoms with Crippen LogP contribution in [-0.4, -0.2) is 16.3 Å². The van der Waals surface area contributed by atoms with Gasteiger partial charge in [-0.2, -0.15) is 0 Å². The number of carbonyl (C=O) groups excluding carboxylic acids is 1. The number of carbonyl (C=O) groups is 1. The van der Waals surface area contributed by atoms with Gasteiger partial charge in [-0.15, -0.1) is 10.2 Å². The standard InChI is InChI=1S/C12H8N2.C7H5BrO2.ClHO4.Cu/c1-3-9-5-6-10-4-2-8-14-12(10)11(9)13-7-1;8-6-1-2-7(10)5(3-6)4-9;2-1(3,4)5;/h1-8H;1-4,10H;(H,2,3,4,5);/q;;;+2/p-2. The van der Waals surface area contributed by atoms with E-state index in [4.69, 9.17) is 18.6 Å². The molecule has 4 aromatic rings. The molecule has 30 heavy (non-hydrogen) atoms. The number of fused-ring (bicyclic) bond motifs is 3. The van der Waals surface area contributed by atoms with Gasteiger partial charge in [0.1, 0.15) is 6.29 Å². The fraction of sp³-hybridized carbons (Fsp3) is 0. The summed E-state index contributed by atoms with van der Waals surface area (Å²) in [6.07, 6.45) is 4.15. The second-order valence-corrected chi connectivity index (χ2v) is 7.07. The van der Waals surface area contributed by atoms with Gasteiger partial charge in [-0.05, 0) is 24.3 Å². The maximum Gasteiger partial charge on any atom is 2.00 e. The average Bonchev–Trinajstić information content (AvgIpc) is 2.69. The molecule has 0 amide bonds. The molecule has 0 aliphatic heterocycles. The summed E-state index contributed by atoms with van der Waals surface area (Å²) in [6.45, 7) is 0. The minimum absolute atomic E-state index is 0. The second-order valence-electron chi connectivity index (χ2n) is 5.39. The zero-order chi connectivity index (χ0) is 21.4. The van der Waals surface area contributed by atoms with E-state index in [2.05, 4.69) is 50.2 Å². The van der Waals surface area contributed by atoms with Crippen LogP contribution in [0.25, 0.3) is 21.8 Å². The Balaban J connectivity index is 0.000000249. The van der Waals surface area contributed by atoms with Crippen molar-refractivity contribution in [2.75, 3.05) is 0 Å². The van der Waals surface area contributed by atoms with Crippen LogP contribution in [0.4, 0.5) is 0 Å². The summed E-state index contributed by atoms with van der Waals surface area (Å²) in [5.74, 6) is -0.238. The van der Waals surface area contributed by atoms with E-state index in [-0.39, 0.29) is 28.4 Å². The predicted molar refractivity (Wildman–Crippen MR) is 96.0 cm³/mol. The number of benzene rings is 2. The Morgan fingerprint density at radius 2 is 1.30 bits per heavy atom. The van der Waals surface area contributed by atoms with Crippen molar-refractivity contribution in [3.8, 4) is 5.75 Å². The predicted octanol–water partition coefficient (Wildman–Crippen LogP) is -0.640. The molecule has 0 aliphatic rings. The van der Waals surface area contributed by atoms with Crippen LogP contribution in [0.3, 0.4) is 0 Å². The van der Waals surface area contributed by atoms with E-state index in [9.17, 15) is 9.90 Å². The van der Waals surface area contributed by atoms with E-state index in [1.54, 1.807) is 18.5 Å². The first-order chi connectivity index (χ1) is 13.7. The smallest absolute Gasteiger partial charge is 0.872 e. The Kier molecular flexibility index (Phi) is 10.3. The van der Waals surface area contributed by atoms with Crippen LogP contribution < -0.4 is 23.7 Å². The maximum absolute atomic E-state index is 10.8. The van der Waals surface area contributed by atoms with E-state index in [1.165, 1.54) is 12.1 Å². The quantitative estimate of drug-likeness (QED) is 0.174. The minimum Gasteiger partial charge on any atom is -0.872 e. The van der Waals surface area contributed by atoms with Gasteiger partial charge < -0.3 is 5.11 Å². The van der Waals surface area contributed by atoms with Crippen molar-refractivity contribution in [2.45, 2.75) is 0 Å². The number of rotatable bonds is 1. The van der Waals surface area contributed by atoms with Crippen LogP contribution in [0, 0.1) is 10.2 Å². The summed E-state index contributed by atoms with van der Waals surface area (Å²) >= 11 is 3.14. The molecule has 0 fully saturated rings. The molecule has 0 spiro atoms. The third-order valence-electron chi connectivity index (χ3n) is 3.44. The summed E-state index contributed by atoms with van der Waals surface area (Å²) in [7, 11) is -4.94. The molecule has 2 aromatic carbocycles. The van der Waals surface area contributed by atoms with Crippen LogP contribution in [0.2, 0.25) is 0 Å². The van der Waals surface area contributed by atoms with Gasteiger partial charge in [0.2, 0.25) is 0 Å². The molecule has 1 radical (unpaired) electrons. The van der Waals surface area contributed by atoms with Gasteiger partial charge in [0.05, 0.1) is 11.0 Å². The molecule has 0 N–H and O–H groups in total. The number of halogens is 2. The summed E-state index contributed by atoms with van der Waals surface area (Å²) in [5, 5.41) is 13.0. The monoisotopic (exact) mass is 541 g/mol. The fourth-order valence-electron chi connectivity index (χ4n) is 2.29. The number of hydrogen-bond donors (Lipinski definition) is 0. The average molecular weight is 543 g/mol. The molecule has 2 heterocycles. The molecule has 8 nitrogen and oxygen atoms in total. The molecule has 0 aliphatic carbocycles. The van der Waals surface area contributed by atoms with Crippen LogP contribution >= 0.6 is 15.9 Å². The summed E-state index contributed by atoms with van der Waals surface area (Å²) in [6, 6.07) is 16.6. The second kappa shape index (κ2) is 11.9. The zero-order valence-corrected chi connectivity index (χ0v) is 18.1. The largest absolute Gasteiger partial charge is 2.00 e. The molecule has 11 heteroatoms. The molecule has 0 saturated carbocycles. The van der Waals surface area contributed by atoms with Gasteiger partial charge in [-0.1, -0.05) is 52.0 Å². The van der Waals surface area contributed by atoms with E-state index < -0.39 is 10.2 Å². The van der Waals surface area contributed by atoms with Crippen molar-refractivity contribution >= 4 is 44.0 Å². The summed E-state index contributed by atoms with van der Waals surface area (Å²) < 4.78 is 34.7. The van der Waals surface area contributed by atoms with Crippen LogP contribution in [-0.2, 0) is 17.1 Å². The van der Waals surface area contributed by atoms with E-state index in [0.29, 0.717) is 6.29 Å². The first-order valence-electron chi connectivity index (χ1n) is 7.81. The Bertz CT molecular complexity index is 1070. The molecular formula is C19H12BrClCuN2O6. The molecule has 4 rings (SSSR count). The zero-order valence-electron chi connectivity index (χ0n) is 14.8. The Morgan fingerprint density at radius 1 is 0.833 bits per heavy atom. The number of pyridine rings is 2. The van der Waals surface area contributed by atoms with Gasteiger partial charge in [0.15, 0.2) is 0 Å². The molecule has 0 unspecified atom stereocenters. The first-order valence-corrected chi connectivity index (χ1v) is 9.84. The van der Waals surface area contributed by atoms with Crippen molar-refractivity contribution in [1.29, 1.82) is 0 Å². The Hall–Kier alpha value is -2.14. The van der Waals surface area contributed by atoms with Gasteiger partial charge >= 0.3 is 17.1 Å². The number of hydrogen-bond acceptors (Lipinski definition) is 8. The van der Waals surface area contributed by atoms with Gasteiger partial charge in [0, 0.05) is 33.2 Å². The third kappa shape index (κ3) is 8.31. The van der Waals surface area contributed by atoms with E-state index >= 15 is 0 Å². The fourth-order valence-corrected chi connectivity index (χ4v) is 2.67. The van der Waals surface area contributed by atoms with Crippen molar-refractivity contribution in [3.63, 3.8) is 0 Å². The van der Waals surface area contributed by atoms with Crippen molar-refractivity contribution in [3.05, 3.63) is 77.0 Å². The van der Waals surface area contributed by atoms with Gasteiger partial charge in [0.25, 0.3) is 0 Å². The third-order valence-corrected chi connectivity index (χ3v) is 3.94. The normalized spacial score (nSPS) is 10.2. The van der Waals surface area contributed by atoms with Gasteiger partial charge in [-0.3, -0.25) is 14.8 Å². The maximum atomic E-state index is 10.8. The SMILES string of the molecule is O=Cc1cc(Br)ccc1[O-].[Cu+2].[O-][Cl+3]([O-])([O-])[O-].c1cnc2c(c1)ccc1cccnc12. The molecule has 0 bridgehead atoms. The number of aldehydes is 1. The van der Waals surface area contributed by atoms with E-state index in [0.717, 1.165) is 26.3 Å². The molecule has 0 saturated heterocycles. The van der Waals surface area contributed by atoms with Crippen LogP contribution in [0.5, 0.6) is 5.75 Å². The van der Waals surface area contributed by atoms with Crippen molar-refractivity contribution < 1.29 is 55.8 Å². The van der Waals surface area contributed by atoms with Crippen molar-refractivity contribution in [2.24, 2.45) is 0 Å². The van der Waals surface area contributed by atoms with Gasteiger partial charge in [-0.25, -0.2) is 18.6 Å². The van der Waals surface area contributed by atoms with Crippen LogP contribution in [0.15, 0.2) is 71.5 Å². The van der Waals surface area contributed by atoms with Crippen molar-refractivity contribution in [1.82, 2.24) is 9.97 Å². The molecule has 159 valence electrons. The minimum atomic E-state index is -4.94. The topological polar surface area (TPSA) is 158 Å². The molecule has 2 aromatic heterocycles. The Labute approximate surface area is 192 Å². The molecular weight excluding hydrogens is 531 g/mol. The van der Waals surface area contributed by atoms with E-state index in [1.807, 2.05) is 12.1 Å².